The predicted octanol–water partition coefficient (Wildman–Crippen LogP) is 2.03. The molecule has 0 atom stereocenters. The van der Waals surface area contributed by atoms with Crippen molar-refractivity contribution in [3.63, 3.8) is 0 Å². The zero-order valence-electron chi connectivity index (χ0n) is 8.57. The monoisotopic (exact) mass is 226 g/mol. The molecule has 0 radical (unpaired) electrons. The van der Waals surface area contributed by atoms with Crippen molar-refractivity contribution in [2.75, 3.05) is 0 Å². The van der Waals surface area contributed by atoms with Crippen LogP contribution in [0.15, 0.2) is 30.3 Å². The van der Waals surface area contributed by atoms with Gasteiger partial charge in [0.15, 0.2) is 0 Å². The first-order chi connectivity index (χ1) is 7.29. The number of hydrogen-bond donors (Lipinski definition) is 1. The van der Waals surface area contributed by atoms with E-state index in [0.29, 0.717) is 6.42 Å². The Morgan fingerprint density at radius 1 is 1.19 bits per heavy atom. The summed E-state index contributed by atoms with van der Waals surface area (Å²) in [7, 11) is 0. The summed E-state index contributed by atoms with van der Waals surface area (Å²) in [6, 6.07) is 9.79. The maximum atomic E-state index is 10.2. The van der Waals surface area contributed by atoms with Gasteiger partial charge in [-0.2, -0.15) is 0 Å². The third-order valence-corrected chi connectivity index (χ3v) is 1.95. The van der Waals surface area contributed by atoms with Crippen LogP contribution in [-0.4, -0.2) is 40.6 Å². The van der Waals surface area contributed by atoms with Crippen LogP contribution in [0.3, 0.4) is 0 Å². The maximum absolute atomic E-state index is 10.2. The van der Waals surface area contributed by atoms with Crippen LogP contribution in [0.5, 0.6) is 0 Å². The molecule has 80 valence electrons. The van der Waals surface area contributed by atoms with Crippen LogP contribution in [0.25, 0.3) is 0 Å². The molecule has 0 heterocycles. The van der Waals surface area contributed by atoms with Gasteiger partial charge in [0.2, 0.25) is 0 Å². The second kappa shape index (κ2) is 9.47. The van der Waals surface area contributed by atoms with Crippen molar-refractivity contribution in [3.8, 4) is 11.8 Å². The van der Waals surface area contributed by atoms with Crippen molar-refractivity contribution < 1.29 is 9.90 Å². The summed E-state index contributed by atoms with van der Waals surface area (Å²) in [4.78, 5) is 10.2. The summed E-state index contributed by atoms with van der Waals surface area (Å²) >= 11 is 0. The molecule has 3 heteroatoms. The molecule has 0 saturated heterocycles. The second-order valence-corrected chi connectivity index (χ2v) is 3.27. The van der Waals surface area contributed by atoms with Crippen molar-refractivity contribution in [2.24, 2.45) is 0 Å². The van der Waals surface area contributed by atoms with Gasteiger partial charge in [-0.15, -0.1) is 0 Å². The zero-order valence-corrected chi connectivity index (χ0v) is 8.57. The van der Waals surface area contributed by atoms with Gasteiger partial charge in [0, 0.05) is 18.4 Å². The summed E-state index contributed by atoms with van der Waals surface area (Å²) in [5.41, 5.74) is 1.01. The first-order valence-corrected chi connectivity index (χ1v) is 5.05. The molecule has 0 fully saturated rings. The Morgan fingerprint density at radius 3 is 2.50 bits per heavy atom. The normalized spacial score (nSPS) is 8.50. The van der Waals surface area contributed by atoms with E-state index in [1.807, 2.05) is 30.3 Å². The van der Waals surface area contributed by atoms with Crippen molar-refractivity contribution in [1.82, 2.24) is 0 Å². The van der Waals surface area contributed by atoms with Gasteiger partial charge in [-0.3, -0.25) is 4.79 Å². The van der Waals surface area contributed by atoms with Crippen molar-refractivity contribution >= 4 is 35.5 Å². The van der Waals surface area contributed by atoms with Crippen molar-refractivity contribution in [1.29, 1.82) is 0 Å². The standard InChI is InChI=1S/C13H14O2.Na.H/c14-13(15)11-7-2-1-4-8-12-9-5-3-6-10-12;;/h3,5-6,9-10H,1-2,7,11H2,(H,14,15);;. The van der Waals surface area contributed by atoms with E-state index < -0.39 is 5.97 Å². The number of benzene rings is 1. The van der Waals surface area contributed by atoms with E-state index in [-0.39, 0.29) is 36.0 Å². The topological polar surface area (TPSA) is 37.3 Å². The number of aliphatic carboxylic acids is 1. The first-order valence-electron chi connectivity index (χ1n) is 5.05. The van der Waals surface area contributed by atoms with Crippen LogP contribution >= 0.6 is 0 Å². The molecule has 0 saturated carbocycles. The van der Waals surface area contributed by atoms with E-state index >= 15 is 0 Å². The fourth-order valence-corrected chi connectivity index (χ4v) is 1.18. The molecule has 0 spiro atoms. The van der Waals surface area contributed by atoms with Gasteiger partial charge in [0.25, 0.3) is 0 Å². The molecule has 0 unspecified atom stereocenters. The summed E-state index contributed by atoms with van der Waals surface area (Å²) in [6.07, 6.45) is 2.57. The average molecular weight is 226 g/mol. The van der Waals surface area contributed by atoms with Crippen LogP contribution < -0.4 is 0 Å². The Hall–Kier alpha value is -0.750. The Bertz CT molecular complexity index is 363. The van der Waals surface area contributed by atoms with E-state index in [4.69, 9.17) is 5.11 Å². The molecule has 0 bridgehead atoms. The minimum absolute atomic E-state index is 0. The van der Waals surface area contributed by atoms with E-state index in [1.54, 1.807) is 0 Å². The molecule has 0 aliphatic carbocycles. The molecule has 0 aliphatic heterocycles. The van der Waals surface area contributed by atoms with Gasteiger partial charge in [-0.05, 0) is 25.0 Å². The minimum atomic E-state index is -0.731. The molecule has 1 aromatic rings. The van der Waals surface area contributed by atoms with Crippen LogP contribution in [0.4, 0.5) is 0 Å². The fraction of sp³-hybridized carbons (Fsp3) is 0.308. The van der Waals surface area contributed by atoms with Crippen LogP contribution in [-0.2, 0) is 4.79 Å². The van der Waals surface area contributed by atoms with E-state index in [1.165, 1.54) is 0 Å². The molecular weight excluding hydrogens is 211 g/mol. The molecular formula is C13H15NaO2. The average Bonchev–Trinajstić information content (AvgIpc) is 2.24. The number of carboxylic acids is 1. The molecule has 1 N–H and O–H groups in total. The van der Waals surface area contributed by atoms with Gasteiger partial charge in [0.05, 0.1) is 0 Å². The zero-order chi connectivity index (χ0) is 10.9. The number of hydrogen-bond acceptors (Lipinski definition) is 1. The van der Waals surface area contributed by atoms with Gasteiger partial charge in [-0.1, -0.05) is 30.0 Å². The molecule has 0 amide bonds. The van der Waals surface area contributed by atoms with Crippen LogP contribution in [0.1, 0.15) is 31.2 Å². The van der Waals surface area contributed by atoms with Gasteiger partial charge >= 0.3 is 35.5 Å². The van der Waals surface area contributed by atoms with Crippen molar-refractivity contribution in [2.45, 2.75) is 25.7 Å². The quantitative estimate of drug-likeness (QED) is 0.484. The van der Waals surface area contributed by atoms with E-state index in [0.717, 1.165) is 18.4 Å². The molecule has 1 aromatic carbocycles. The molecule has 16 heavy (non-hydrogen) atoms. The number of rotatable bonds is 4. The van der Waals surface area contributed by atoms with Crippen LogP contribution in [0.2, 0.25) is 0 Å². The second-order valence-electron chi connectivity index (χ2n) is 3.27. The molecule has 2 nitrogen and oxygen atoms in total. The Labute approximate surface area is 118 Å². The number of unbranched alkanes of at least 4 members (excludes halogenated alkanes) is 2. The Morgan fingerprint density at radius 2 is 1.88 bits per heavy atom. The van der Waals surface area contributed by atoms with Crippen LogP contribution in [0, 0.1) is 11.8 Å². The third kappa shape index (κ3) is 7.53. The summed E-state index contributed by atoms with van der Waals surface area (Å²) in [5.74, 6) is 5.34. The molecule has 1 rings (SSSR count). The number of carbonyl (C=O) groups is 1. The summed E-state index contributed by atoms with van der Waals surface area (Å²) < 4.78 is 0. The molecule has 0 aliphatic rings. The fourth-order valence-electron chi connectivity index (χ4n) is 1.18. The van der Waals surface area contributed by atoms with E-state index in [9.17, 15) is 4.79 Å². The van der Waals surface area contributed by atoms with Gasteiger partial charge in [0.1, 0.15) is 0 Å². The Balaban J connectivity index is 0.00000225. The van der Waals surface area contributed by atoms with E-state index in [2.05, 4.69) is 11.8 Å². The first kappa shape index (κ1) is 15.2. The SMILES string of the molecule is O=C(O)CCCCC#Cc1ccccc1.[NaH]. The third-order valence-electron chi connectivity index (χ3n) is 1.95. The number of carboxylic acid groups (broad SMARTS) is 1. The summed E-state index contributed by atoms with van der Waals surface area (Å²) in [5, 5.41) is 8.41. The van der Waals surface area contributed by atoms with Gasteiger partial charge < -0.3 is 5.11 Å². The predicted molar refractivity (Wildman–Crippen MR) is 66.6 cm³/mol. The molecule has 0 aromatic heterocycles. The van der Waals surface area contributed by atoms with Gasteiger partial charge in [-0.25, -0.2) is 0 Å². The summed E-state index contributed by atoms with van der Waals surface area (Å²) in [6.45, 7) is 0. The van der Waals surface area contributed by atoms with Crippen molar-refractivity contribution in [3.05, 3.63) is 35.9 Å². The Kier molecular flexibility index (Phi) is 9.03.